The normalized spacial score (nSPS) is 11.6. The number of para-hydroxylation sites is 3. The largest absolute Gasteiger partial charge is 0.309 e. The van der Waals surface area contributed by atoms with Gasteiger partial charge in [-0.1, -0.05) is 127 Å². The summed E-state index contributed by atoms with van der Waals surface area (Å²) in [6.07, 6.45) is 7.67. The molecule has 0 bridgehead atoms. The third kappa shape index (κ3) is 5.29. The fraction of sp³-hybridized carbons (Fsp3) is 0. The van der Waals surface area contributed by atoms with Crippen molar-refractivity contribution in [1.29, 1.82) is 0 Å². The molecule has 11 aromatic rings. The molecule has 262 valence electrons. The Bertz CT molecular complexity index is 3220. The molecular formula is C51H33N5. The Hall–Kier alpha value is -7.63. The maximum atomic E-state index is 4.94. The van der Waals surface area contributed by atoms with Gasteiger partial charge in [-0.15, -0.1) is 0 Å². The van der Waals surface area contributed by atoms with Crippen molar-refractivity contribution in [2.24, 2.45) is 0 Å². The molecule has 0 saturated carbocycles. The van der Waals surface area contributed by atoms with Gasteiger partial charge in [0.25, 0.3) is 0 Å². The van der Waals surface area contributed by atoms with E-state index < -0.39 is 0 Å². The van der Waals surface area contributed by atoms with Crippen molar-refractivity contribution in [3.63, 3.8) is 0 Å². The van der Waals surface area contributed by atoms with E-state index in [1.807, 2.05) is 30.9 Å². The summed E-state index contributed by atoms with van der Waals surface area (Å²) in [7, 11) is 0. The van der Waals surface area contributed by atoms with Crippen LogP contribution in [-0.2, 0) is 0 Å². The molecule has 0 aliphatic rings. The topological polar surface area (TPSA) is 48.5 Å². The minimum absolute atomic E-state index is 0.641. The highest BCUT2D eigenvalue weighted by molar-refractivity contribution is 6.12. The minimum Gasteiger partial charge on any atom is -0.309 e. The van der Waals surface area contributed by atoms with Gasteiger partial charge in [-0.05, 0) is 76.3 Å². The predicted octanol–water partition coefficient (Wildman–Crippen LogP) is 12.7. The summed E-state index contributed by atoms with van der Waals surface area (Å²) in [5.41, 5.74) is 14.5. The van der Waals surface area contributed by atoms with Crippen LogP contribution >= 0.6 is 0 Å². The Labute approximate surface area is 323 Å². The molecule has 5 nitrogen and oxygen atoms in total. The molecule has 56 heavy (non-hydrogen) atoms. The van der Waals surface area contributed by atoms with E-state index in [9.17, 15) is 0 Å². The molecule has 0 unspecified atom stereocenters. The van der Waals surface area contributed by atoms with E-state index in [0.717, 1.165) is 66.4 Å². The lowest BCUT2D eigenvalue weighted by atomic mass is 10.00. The molecule has 0 spiro atoms. The number of hydrogen-bond donors (Lipinski definition) is 0. The zero-order valence-corrected chi connectivity index (χ0v) is 30.3. The summed E-state index contributed by atoms with van der Waals surface area (Å²) < 4.78 is 4.54. The first kappa shape index (κ1) is 31.9. The second-order valence-electron chi connectivity index (χ2n) is 14.2. The van der Waals surface area contributed by atoms with Gasteiger partial charge in [-0.2, -0.15) is 0 Å². The monoisotopic (exact) mass is 715 g/mol. The summed E-state index contributed by atoms with van der Waals surface area (Å²) in [5, 5.41) is 4.82. The molecule has 0 radical (unpaired) electrons. The van der Waals surface area contributed by atoms with Crippen molar-refractivity contribution in [3.05, 3.63) is 201 Å². The maximum absolute atomic E-state index is 4.94. The van der Waals surface area contributed by atoms with E-state index in [1.54, 1.807) is 0 Å². The smallest absolute Gasteiger partial charge is 0.234 e. The van der Waals surface area contributed by atoms with Crippen molar-refractivity contribution in [2.75, 3.05) is 0 Å². The molecule has 0 saturated heterocycles. The third-order valence-corrected chi connectivity index (χ3v) is 10.9. The minimum atomic E-state index is 0.641. The lowest BCUT2D eigenvalue weighted by Gasteiger charge is -2.10. The number of hydrogen-bond acceptors (Lipinski definition) is 3. The highest BCUT2D eigenvalue weighted by Gasteiger charge is 2.17. The average molecular weight is 716 g/mol. The number of benzene rings is 7. The summed E-state index contributed by atoms with van der Waals surface area (Å²) in [5.74, 6) is 0.641. The predicted molar refractivity (Wildman–Crippen MR) is 230 cm³/mol. The molecule has 11 rings (SSSR count). The Balaban J connectivity index is 0.946. The third-order valence-electron chi connectivity index (χ3n) is 10.9. The fourth-order valence-corrected chi connectivity index (χ4v) is 8.20. The van der Waals surface area contributed by atoms with Crippen LogP contribution in [0.4, 0.5) is 0 Å². The number of rotatable bonds is 6. The summed E-state index contributed by atoms with van der Waals surface area (Å²) in [4.78, 5) is 14.4. The van der Waals surface area contributed by atoms with Gasteiger partial charge in [0.15, 0.2) is 0 Å². The molecule has 0 N–H and O–H groups in total. The van der Waals surface area contributed by atoms with E-state index in [1.165, 1.54) is 27.4 Å². The van der Waals surface area contributed by atoms with E-state index in [-0.39, 0.29) is 0 Å². The van der Waals surface area contributed by atoms with E-state index in [2.05, 4.69) is 184 Å². The lowest BCUT2D eigenvalue weighted by molar-refractivity contribution is 0.990. The first-order valence-electron chi connectivity index (χ1n) is 18.8. The molecule has 0 fully saturated rings. The molecule has 0 aliphatic heterocycles. The van der Waals surface area contributed by atoms with Gasteiger partial charge in [0, 0.05) is 68.7 Å². The van der Waals surface area contributed by atoms with Crippen molar-refractivity contribution >= 4 is 43.6 Å². The van der Waals surface area contributed by atoms with Gasteiger partial charge in [-0.3, -0.25) is 9.55 Å². The quantitative estimate of drug-likeness (QED) is 0.172. The lowest BCUT2D eigenvalue weighted by Crippen LogP contribution is -2.00. The number of fused-ring (bicyclic) bond motifs is 6. The maximum Gasteiger partial charge on any atom is 0.234 e. The van der Waals surface area contributed by atoms with Gasteiger partial charge >= 0.3 is 0 Å². The first-order chi connectivity index (χ1) is 27.8. The van der Waals surface area contributed by atoms with Crippen molar-refractivity contribution in [2.45, 2.75) is 0 Å². The highest BCUT2D eigenvalue weighted by Crippen LogP contribution is 2.38. The molecule has 5 heteroatoms. The summed E-state index contributed by atoms with van der Waals surface area (Å²) >= 11 is 0. The summed E-state index contributed by atoms with van der Waals surface area (Å²) in [6, 6.07) is 62.4. The van der Waals surface area contributed by atoms with Crippen LogP contribution in [0.15, 0.2) is 201 Å². The van der Waals surface area contributed by atoms with E-state index >= 15 is 0 Å². The molecule has 4 heterocycles. The zero-order chi connectivity index (χ0) is 37.0. The van der Waals surface area contributed by atoms with Crippen LogP contribution in [0.1, 0.15) is 0 Å². The highest BCUT2D eigenvalue weighted by atomic mass is 15.1. The SMILES string of the molecule is c1ccc(-c2cncc(-c3ccc(-c4cnc(-n5c6ccccc6c6cc(-c7ccc8c9ccccc9n(-c9ccccc9)c8c7)ccc65)nc4)cc3)c2)cc1. The van der Waals surface area contributed by atoms with Crippen molar-refractivity contribution in [1.82, 2.24) is 24.1 Å². The van der Waals surface area contributed by atoms with Crippen LogP contribution in [0.2, 0.25) is 0 Å². The van der Waals surface area contributed by atoms with Crippen LogP contribution < -0.4 is 0 Å². The molecule has 0 aliphatic carbocycles. The number of aromatic nitrogens is 5. The van der Waals surface area contributed by atoms with Gasteiger partial charge in [0.2, 0.25) is 5.95 Å². The zero-order valence-electron chi connectivity index (χ0n) is 30.3. The van der Waals surface area contributed by atoms with Crippen LogP contribution in [-0.4, -0.2) is 24.1 Å². The number of nitrogens with zero attached hydrogens (tertiary/aromatic N) is 5. The van der Waals surface area contributed by atoms with Crippen molar-refractivity contribution < 1.29 is 0 Å². The average Bonchev–Trinajstić information content (AvgIpc) is 3.79. The van der Waals surface area contributed by atoms with Gasteiger partial charge < -0.3 is 4.57 Å². The first-order valence-corrected chi connectivity index (χ1v) is 18.8. The van der Waals surface area contributed by atoms with Crippen LogP contribution in [0, 0.1) is 0 Å². The Morgan fingerprint density at radius 2 is 0.786 bits per heavy atom. The Kier molecular flexibility index (Phi) is 7.42. The Morgan fingerprint density at radius 3 is 1.50 bits per heavy atom. The Morgan fingerprint density at radius 1 is 0.286 bits per heavy atom. The fourth-order valence-electron chi connectivity index (χ4n) is 8.20. The van der Waals surface area contributed by atoms with Crippen LogP contribution in [0.3, 0.4) is 0 Å². The standard InChI is InChI=1S/C51H33N5/c1-3-11-34(12-4-1)39-27-40(31-52-30-39)35-19-21-36(22-20-35)41-32-53-51(54-33-41)56-48-18-10-8-16-44(48)46-28-37(24-26-49(46)56)38-23-25-45-43-15-7-9-17-47(43)55(50(45)29-38)42-13-5-2-6-14-42/h1-33H. The molecule has 4 aromatic heterocycles. The second-order valence-corrected chi connectivity index (χ2v) is 14.2. The van der Waals surface area contributed by atoms with Gasteiger partial charge in [0.1, 0.15) is 0 Å². The van der Waals surface area contributed by atoms with Crippen LogP contribution in [0.25, 0.3) is 99.8 Å². The number of pyridine rings is 1. The molecule has 0 atom stereocenters. The molecular weight excluding hydrogens is 683 g/mol. The van der Waals surface area contributed by atoms with Crippen molar-refractivity contribution in [3.8, 4) is 56.1 Å². The van der Waals surface area contributed by atoms with Gasteiger partial charge in [0.05, 0.1) is 22.1 Å². The van der Waals surface area contributed by atoms with Crippen LogP contribution in [0.5, 0.6) is 0 Å². The molecule has 7 aromatic carbocycles. The van der Waals surface area contributed by atoms with E-state index in [0.29, 0.717) is 5.95 Å². The van der Waals surface area contributed by atoms with Gasteiger partial charge in [-0.25, -0.2) is 9.97 Å². The molecule has 0 amide bonds. The second kappa shape index (κ2) is 13.0. The van der Waals surface area contributed by atoms with E-state index in [4.69, 9.17) is 9.97 Å². The summed E-state index contributed by atoms with van der Waals surface area (Å²) in [6.45, 7) is 0.